The molecule has 27 heavy (non-hydrogen) atoms. The van der Waals surface area contributed by atoms with E-state index in [0.29, 0.717) is 5.69 Å². The quantitative estimate of drug-likeness (QED) is 0.439. The second kappa shape index (κ2) is 7.95. The van der Waals surface area contributed by atoms with Gasteiger partial charge < -0.3 is 4.90 Å². The first-order valence-electron chi connectivity index (χ1n) is 9.23. The largest absolute Gasteiger partial charge is 0.312 e. The van der Waals surface area contributed by atoms with Crippen molar-refractivity contribution < 1.29 is 18.0 Å². The van der Waals surface area contributed by atoms with Crippen molar-refractivity contribution in [1.82, 2.24) is 9.73 Å². The molecule has 1 unspecified atom stereocenters. The first-order valence-corrected chi connectivity index (χ1v) is 10.7. The third-order valence-electron chi connectivity index (χ3n) is 5.55. The van der Waals surface area contributed by atoms with Gasteiger partial charge in [-0.2, -0.15) is 4.31 Å². The molecule has 2 aliphatic rings. The molecule has 0 bridgehead atoms. The highest BCUT2D eigenvalue weighted by Crippen LogP contribution is 2.29. The molecule has 9 heteroatoms. The molecule has 1 saturated heterocycles. The first kappa shape index (κ1) is 19.8. The number of anilines is 1. The maximum atomic E-state index is 12.9. The van der Waals surface area contributed by atoms with Crippen molar-refractivity contribution in [2.45, 2.75) is 49.5 Å². The van der Waals surface area contributed by atoms with Gasteiger partial charge in [-0.05, 0) is 37.1 Å². The summed E-state index contributed by atoms with van der Waals surface area (Å²) in [6, 6.07) is 6.31. The number of hydrogen-bond donors (Lipinski definition) is 2. The number of nitrogens with one attached hydrogen (secondary N) is 1. The van der Waals surface area contributed by atoms with E-state index in [4.69, 9.17) is 5.84 Å². The second-order valence-electron chi connectivity index (χ2n) is 7.22. The number of nitrogens with zero attached hydrogens (tertiary/aromatic N) is 2. The monoisotopic (exact) mass is 394 g/mol. The molecule has 1 aliphatic heterocycles. The van der Waals surface area contributed by atoms with Gasteiger partial charge in [-0.15, -0.1) is 0 Å². The molecule has 2 amide bonds. The molecule has 1 atom stereocenters. The number of carbonyl (C=O) groups is 2. The molecule has 3 N–H and O–H groups in total. The maximum Gasteiger partial charge on any atom is 0.243 e. The summed E-state index contributed by atoms with van der Waals surface area (Å²) in [5, 5.41) is 0. The molecule has 1 aromatic carbocycles. The highest BCUT2D eigenvalue weighted by molar-refractivity contribution is 7.89. The first-order chi connectivity index (χ1) is 12.8. The number of carbonyl (C=O) groups excluding carboxylic acids is 2. The van der Waals surface area contributed by atoms with Crippen molar-refractivity contribution in [2.24, 2.45) is 11.8 Å². The zero-order valence-electron chi connectivity index (χ0n) is 15.4. The van der Waals surface area contributed by atoms with Crippen LogP contribution in [0.4, 0.5) is 5.69 Å². The van der Waals surface area contributed by atoms with Gasteiger partial charge in [0.05, 0.1) is 10.8 Å². The van der Waals surface area contributed by atoms with Crippen LogP contribution in [0.1, 0.15) is 38.5 Å². The van der Waals surface area contributed by atoms with Crippen LogP contribution in [0.25, 0.3) is 0 Å². The summed E-state index contributed by atoms with van der Waals surface area (Å²) >= 11 is 0. The smallest absolute Gasteiger partial charge is 0.243 e. The average Bonchev–Trinajstić information content (AvgIpc) is 3.09. The zero-order chi connectivity index (χ0) is 19.6. The van der Waals surface area contributed by atoms with Gasteiger partial charge in [-0.3, -0.25) is 15.0 Å². The molecule has 0 aromatic heterocycles. The van der Waals surface area contributed by atoms with E-state index in [2.05, 4.69) is 5.43 Å². The predicted molar refractivity (Wildman–Crippen MR) is 101 cm³/mol. The summed E-state index contributed by atoms with van der Waals surface area (Å²) in [6.07, 6.45) is 5.14. The summed E-state index contributed by atoms with van der Waals surface area (Å²) < 4.78 is 27.3. The molecule has 1 saturated carbocycles. The summed E-state index contributed by atoms with van der Waals surface area (Å²) in [4.78, 5) is 25.5. The van der Waals surface area contributed by atoms with Crippen LogP contribution < -0.4 is 16.2 Å². The summed E-state index contributed by atoms with van der Waals surface area (Å²) in [5.41, 5.74) is 2.64. The van der Waals surface area contributed by atoms with Gasteiger partial charge in [0.2, 0.25) is 21.8 Å². The van der Waals surface area contributed by atoms with E-state index in [9.17, 15) is 18.0 Å². The summed E-state index contributed by atoms with van der Waals surface area (Å²) in [5.74, 6) is 4.08. The van der Waals surface area contributed by atoms with Gasteiger partial charge in [-0.1, -0.05) is 19.3 Å². The van der Waals surface area contributed by atoms with Crippen LogP contribution in [0.5, 0.6) is 0 Å². The third-order valence-corrected chi connectivity index (χ3v) is 7.48. The standard InChI is InChI=1S/C18H26N4O4S/c1-21(14-5-3-2-4-6-14)27(25,26)16-9-7-15(8-10-16)22-12-13(11-17(22)23)18(24)20-19/h7-10,13-14H,2-6,11-12,19H2,1H3,(H,20,24). The Morgan fingerprint density at radius 3 is 2.41 bits per heavy atom. The van der Waals surface area contributed by atoms with Crippen LogP contribution in [0, 0.1) is 5.92 Å². The van der Waals surface area contributed by atoms with Crippen molar-refractivity contribution in [3.8, 4) is 0 Å². The summed E-state index contributed by atoms with van der Waals surface area (Å²) in [6.45, 7) is 0.232. The lowest BCUT2D eigenvalue weighted by atomic mass is 9.96. The second-order valence-corrected chi connectivity index (χ2v) is 9.22. The zero-order valence-corrected chi connectivity index (χ0v) is 16.2. The lowest BCUT2D eigenvalue weighted by molar-refractivity contribution is -0.126. The van der Waals surface area contributed by atoms with Crippen molar-refractivity contribution in [2.75, 3.05) is 18.5 Å². The fraction of sp³-hybridized carbons (Fsp3) is 0.556. The minimum atomic E-state index is -3.57. The van der Waals surface area contributed by atoms with E-state index in [1.807, 2.05) is 0 Å². The van der Waals surface area contributed by atoms with Crippen molar-refractivity contribution in [3.63, 3.8) is 0 Å². The topological polar surface area (TPSA) is 113 Å². The SMILES string of the molecule is CN(C1CCCCC1)S(=O)(=O)c1ccc(N2CC(C(=O)NN)CC2=O)cc1. The van der Waals surface area contributed by atoms with Gasteiger partial charge in [0, 0.05) is 31.7 Å². The molecular formula is C18H26N4O4S. The van der Waals surface area contributed by atoms with E-state index in [0.717, 1.165) is 32.1 Å². The Kier molecular flexibility index (Phi) is 5.83. The van der Waals surface area contributed by atoms with E-state index in [-0.39, 0.29) is 35.7 Å². The Bertz CT molecular complexity index is 803. The Morgan fingerprint density at radius 2 is 1.81 bits per heavy atom. The molecule has 2 fully saturated rings. The van der Waals surface area contributed by atoms with E-state index < -0.39 is 15.9 Å². The van der Waals surface area contributed by atoms with Gasteiger partial charge >= 0.3 is 0 Å². The number of hydrogen-bond acceptors (Lipinski definition) is 5. The molecule has 1 aliphatic carbocycles. The number of sulfonamides is 1. The minimum Gasteiger partial charge on any atom is -0.312 e. The van der Waals surface area contributed by atoms with E-state index >= 15 is 0 Å². The predicted octanol–water partition coefficient (Wildman–Crippen LogP) is 0.983. The van der Waals surface area contributed by atoms with Crippen LogP contribution in [0.2, 0.25) is 0 Å². The normalized spacial score (nSPS) is 21.7. The van der Waals surface area contributed by atoms with Crippen LogP contribution in [-0.4, -0.2) is 44.2 Å². The van der Waals surface area contributed by atoms with Gasteiger partial charge in [-0.25, -0.2) is 14.3 Å². The summed E-state index contributed by atoms with van der Waals surface area (Å²) in [7, 11) is -1.93. The molecule has 1 heterocycles. The number of benzene rings is 1. The molecule has 8 nitrogen and oxygen atoms in total. The molecular weight excluding hydrogens is 368 g/mol. The lowest BCUT2D eigenvalue weighted by Gasteiger charge is -2.30. The lowest BCUT2D eigenvalue weighted by Crippen LogP contribution is -2.38. The van der Waals surface area contributed by atoms with Crippen molar-refractivity contribution in [1.29, 1.82) is 0 Å². The Balaban J connectivity index is 1.75. The maximum absolute atomic E-state index is 12.9. The number of nitrogens with two attached hydrogens (primary N) is 1. The fourth-order valence-corrected chi connectivity index (χ4v) is 5.27. The van der Waals surface area contributed by atoms with E-state index in [1.165, 1.54) is 21.3 Å². The third kappa shape index (κ3) is 3.99. The van der Waals surface area contributed by atoms with Crippen LogP contribution in [0.3, 0.4) is 0 Å². The molecule has 1 aromatic rings. The molecule has 148 valence electrons. The fourth-order valence-electron chi connectivity index (χ4n) is 3.86. The van der Waals surface area contributed by atoms with E-state index in [1.54, 1.807) is 19.2 Å². The van der Waals surface area contributed by atoms with Crippen LogP contribution >= 0.6 is 0 Å². The molecule has 3 rings (SSSR count). The van der Waals surface area contributed by atoms with Gasteiger partial charge in [0.15, 0.2) is 0 Å². The van der Waals surface area contributed by atoms with Crippen LogP contribution in [-0.2, 0) is 19.6 Å². The van der Waals surface area contributed by atoms with Gasteiger partial charge in [0.25, 0.3) is 0 Å². The highest BCUT2D eigenvalue weighted by atomic mass is 32.2. The van der Waals surface area contributed by atoms with Gasteiger partial charge in [0.1, 0.15) is 0 Å². The Hall–Kier alpha value is -1.97. The molecule has 0 spiro atoms. The number of rotatable bonds is 5. The minimum absolute atomic E-state index is 0.0409. The number of hydrazine groups is 1. The van der Waals surface area contributed by atoms with Crippen molar-refractivity contribution >= 4 is 27.5 Å². The number of amides is 2. The Morgan fingerprint density at radius 1 is 1.19 bits per heavy atom. The Labute approximate surface area is 159 Å². The van der Waals surface area contributed by atoms with Crippen molar-refractivity contribution in [3.05, 3.63) is 24.3 Å². The average molecular weight is 394 g/mol. The molecule has 0 radical (unpaired) electrons. The highest BCUT2D eigenvalue weighted by Gasteiger charge is 2.35. The van der Waals surface area contributed by atoms with Crippen LogP contribution in [0.15, 0.2) is 29.2 Å².